The smallest absolute Gasteiger partial charge is 0.338 e. The number of carbonyl (C=O) groups excluding carboxylic acids is 1. The molecule has 0 unspecified atom stereocenters. The maximum atomic E-state index is 11.9. The zero-order valence-corrected chi connectivity index (χ0v) is 18.5. The molecule has 3 aromatic rings. The maximum Gasteiger partial charge on any atom is 0.338 e. The van der Waals surface area contributed by atoms with E-state index in [2.05, 4.69) is 15.3 Å². The number of aromatic nitrogens is 2. The predicted octanol–water partition coefficient (Wildman–Crippen LogP) is 4.51. The van der Waals surface area contributed by atoms with Gasteiger partial charge in [-0.25, -0.2) is 4.79 Å². The van der Waals surface area contributed by atoms with Gasteiger partial charge in [0, 0.05) is 12.2 Å². The molecule has 1 N–H and O–H groups in total. The highest BCUT2D eigenvalue weighted by molar-refractivity contribution is 5.89. The van der Waals surface area contributed by atoms with Crippen LogP contribution in [0.3, 0.4) is 0 Å². The monoisotopic (exact) mass is 437 g/mol. The lowest BCUT2D eigenvalue weighted by molar-refractivity contribution is 0.0505. The number of carbonyl (C=O) groups is 1. The molecule has 0 amide bonds. The third kappa shape index (κ3) is 6.34. The largest absolute Gasteiger partial charge is 0.481 e. The van der Waals surface area contributed by atoms with Crippen molar-refractivity contribution < 1.29 is 23.7 Å². The molecule has 168 valence electrons. The minimum absolute atomic E-state index is 0.146. The summed E-state index contributed by atoms with van der Waals surface area (Å²) in [6, 6.07) is 16.6. The van der Waals surface area contributed by atoms with Crippen molar-refractivity contribution in [2.45, 2.75) is 19.8 Å². The van der Waals surface area contributed by atoms with Gasteiger partial charge in [0.2, 0.25) is 11.8 Å². The van der Waals surface area contributed by atoms with Crippen LogP contribution in [0.2, 0.25) is 0 Å². The van der Waals surface area contributed by atoms with Gasteiger partial charge in [-0.3, -0.25) is 0 Å². The van der Waals surface area contributed by atoms with E-state index >= 15 is 0 Å². The van der Waals surface area contributed by atoms with Crippen molar-refractivity contribution in [3.05, 3.63) is 65.7 Å². The Kier molecular flexibility index (Phi) is 8.25. The van der Waals surface area contributed by atoms with Gasteiger partial charge >= 0.3 is 12.0 Å². The highest BCUT2D eigenvalue weighted by Crippen LogP contribution is 2.26. The van der Waals surface area contributed by atoms with Crippen molar-refractivity contribution in [3.8, 4) is 23.5 Å². The van der Waals surface area contributed by atoms with Gasteiger partial charge in [0.25, 0.3) is 0 Å². The molecule has 0 saturated carbocycles. The van der Waals surface area contributed by atoms with E-state index in [9.17, 15) is 4.79 Å². The molecule has 8 heteroatoms. The van der Waals surface area contributed by atoms with E-state index in [-0.39, 0.29) is 12.0 Å². The number of rotatable bonds is 11. The number of nitrogens with zero attached hydrogens (tertiary/aromatic N) is 2. The van der Waals surface area contributed by atoms with Gasteiger partial charge in [-0.15, -0.1) is 0 Å². The van der Waals surface area contributed by atoms with Crippen molar-refractivity contribution in [2.24, 2.45) is 0 Å². The molecular weight excluding hydrogens is 410 g/mol. The number of ether oxygens (including phenoxy) is 4. The van der Waals surface area contributed by atoms with Crippen molar-refractivity contribution in [3.63, 3.8) is 0 Å². The topological polar surface area (TPSA) is 91.8 Å². The average molecular weight is 437 g/mol. The van der Waals surface area contributed by atoms with Crippen LogP contribution in [0.4, 0.5) is 5.69 Å². The van der Waals surface area contributed by atoms with E-state index in [0.29, 0.717) is 42.6 Å². The molecule has 0 aliphatic heterocycles. The number of hydrogen-bond acceptors (Lipinski definition) is 8. The number of nitrogens with one attached hydrogen (secondary N) is 1. The van der Waals surface area contributed by atoms with E-state index in [1.165, 1.54) is 14.2 Å². The van der Waals surface area contributed by atoms with Gasteiger partial charge in [-0.2, -0.15) is 9.97 Å². The van der Waals surface area contributed by atoms with E-state index < -0.39 is 0 Å². The number of anilines is 1. The fourth-order valence-electron chi connectivity index (χ4n) is 2.89. The average Bonchev–Trinajstić information content (AvgIpc) is 2.83. The molecule has 3 rings (SSSR count). The molecule has 0 aliphatic carbocycles. The first-order valence-electron chi connectivity index (χ1n) is 10.4. The molecule has 1 heterocycles. The van der Waals surface area contributed by atoms with Crippen LogP contribution in [0.1, 0.15) is 29.3 Å². The molecule has 8 nitrogen and oxygen atoms in total. The summed E-state index contributed by atoms with van der Waals surface area (Å²) in [5, 5.41) is 3.35. The highest BCUT2D eigenvalue weighted by atomic mass is 16.5. The third-order valence-corrected chi connectivity index (χ3v) is 4.53. The number of methoxy groups -OCH3 is 2. The summed E-state index contributed by atoms with van der Waals surface area (Å²) in [6.07, 6.45) is 1.51. The van der Waals surface area contributed by atoms with Crippen LogP contribution in [-0.2, 0) is 11.2 Å². The second-order valence-corrected chi connectivity index (χ2v) is 6.84. The zero-order chi connectivity index (χ0) is 22.8. The Bertz CT molecular complexity index is 1000. The van der Waals surface area contributed by atoms with Crippen molar-refractivity contribution in [2.75, 3.05) is 32.7 Å². The van der Waals surface area contributed by atoms with Gasteiger partial charge in [-0.05, 0) is 48.7 Å². The summed E-state index contributed by atoms with van der Waals surface area (Å²) < 4.78 is 21.4. The van der Waals surface area contributed by atoms with Gasteiger partial charge in [0.1, 0.15) is 5.75 Å². The second kappa shape index (κ2) is 11.5. The predicted molar refractivity (Wildman–Crippen MR) is 121 cm³/mol. The summed E-state index contributed by atoms with van der Waals surface area (Å²) in [6.45, 7) is 3.06. The van der Waals surface area contributed by atoms with Gasteiger partial charge in [0.15, 0.2) is 0 Å². The summed E-state index contributed by atoms with van der Waals surface area (Å²) in [5.74, 6) is 1.06. The normalized spacial score (nSPS) is 10.3. The van der Waals surface area contributed by atoms with E-state index in [1.807, 2.05) is 43.3 Å². The molecule has 0 atom stereocenters. The quantitative estimate of drug-likeness (QED) is 0.438. The highest BCUT2D eigenvalue weighted by Gasteiger charge is 2.11. The van der Waals surface area contributed by atoms with E-state index in [4.69, 9.17) is 18.9 Å². The van der Waals surface area contributed by atoms with Gasteiger partial charge in [-0.1, -0.05) is 25.1 Å². The second-order valence-electron chi connectivity index (χ2n) is 6.84. The van der Waals surface area contributed by atoms with Gasteiger partial charge < -0.3 is 24.3 Å². The minimum Gasteiger partial charge on any atom is -0.481 e. The Morgan fingerprint density at radius 2 is 1.66 bits per heavy atom. The Morgan fingerprint density at radius 1 is 0.969 bits per heavy atom. The number of esters is 1. The van der Waals surface area contributed by atoms with E-state index in [0.717, 1.165) is 17.7 Å². The Labute approximate surface area is 187 Å². The molecule has 0 fully saturated rings. The number of benzene rings is 2. The molecule has 0 saturated heterocycles. The van der Waals surface area contributed by atoms with Crippen LogP contribution in [0.15, 0.2) is 54.6 Å². The van der Waals surface area contributed by atoms with Crippen molar-refractivity contribution in [1.29, 1.82) is 0 Å². The molecule has 1 aromatic heterocycles. The molecule has 0 bridgehead atoms. The first-order valence-corrected chi connectivity index (χ1v) is 10.4. The van der Waals surface area contributed by atoms with Crippen LogP contribution in [0.25, 0.3) is 0 Å². The standard InChI is InChI=1S/C24H27N3O5/c1-4-15-31-23(28)18-9-11-19(12-10-18)25-14-13-17-7-5-6-8-20(17)32-24-26-21(29-2)16-22(27-24)30-3/h5-12,16,25H,4,13-15H2,1-3H3. The molecular formula is C24H27N3O5. The minimum atomic E-state index is -0.305. The molecule has 2 aromatic carbocycles. The van der Waals surface area contributed by atoms with Crippen LogP contribution in [0, 0.1) is 0 Å². The lowest BCUT2D eigenvalue weighted by Gasteiger charge is -2.12. The van der Waals surface area contributed by atoms with Crippen LogP contribution < -0.4 is 19.5 Å². The Balaban J connectivity index is 1.61. The maximum absolute atomic E-state index is 11.9. The fourth-order valence-corrected chi connectivity index (χ4v) is 2.89. The summed E-state index contributed by atoms with van der Waals surface area (Å²) >= 11 is 0. The SMILES string of the molecule is CCCOC(=O)c1ccc(NCCc2ccccc2Oc2nc(OC)cc(OC)n2)cc1. The lowest BCUT2D eigenvalue weighted by atomic mass is 10.1. The summed E-state index contributed by atoms with van der Waals surface area (Å²) in [5.41, 5.74) is 2.44. The molecule has 32 heavy (non-hydrogen) atoms. The van der Waals surface area contributed by atoms with Crippen LogP contribution in [0.5, 0.6) is 23.5 Å². The Morgan fingerprint density at radius 3 is 2.31 bits per heavy atom. The van der Waals surface area contributed by atoms with Crippen molar-refractivity contribution >= 4 is 11.7 Å². The summed E-state index contributed by atoms with van der Waals surface area (Å²) in [7, 11) is 3.04. The fraction of sp³-hybridized carbons (Fsp3) is 0.292. The van der Waals surface area contributed by atoms with E-state index in [1.54, 1.807) is 18.2 Å². The van der Waals surface area contributed by atoms with Crippen LogP contribution >= 0.6 is 0 Å². The lowest BCUT2D eigenvalue weighted by Crippen LogP contribution is -2.08. The molecule has 0 radical (unpaired) electrons. The van der Waals surface area contributed by atoms with Crippen LogP contribution in [-0.4, -0.2) is 43.3 Å². The number of hydrogen-bond donors (Lipinski definition) is 1. The molecule has 0 aliphatic rings. The first kappa shape index (κ1) is 22.9. The van der Waals surface area contributed by atoms with Gasteiger partial charge in [0.05, 0.1) is 32.5 Å². The zero-order valence-electron chi connectivity index (χ0n) is 18.5. The first-order chi connectivity index (χ1) is 15.6. The number of para-hydroxylation sites is 1. The summed E-state index contributed by atoms with van der Waals surface area (Å²) in [4.78, 5) is 20.3. The molecule has 0 spiro atoms. The van der Waals surface area contributed by atoms with Crippen molar-refractivity contribution in [1.82, 2.24) is 9.97 Å². The third-order valence-electron chi connectivity index (χ3n) is 4.53. The Hall–Kier alpha value is -3.81.